The number of hydrogen-bond donors (Lipinski definition) is 1. The molecule has 3 aromatic rings. The Balaban J connectivity index is 0.00000341. The molecule has 0 spiro atoms. The maximum absolute atomic E-state index is 11.3. The summed E-state index contributed by atoms with van der Waals surface area (Å²) >= 11 is 1.62. The molecule has 0 aliphatic heterocycles. The average molecular weight is 504 g/mol. The highest BCUT2D eigenvalue weighted by molar-refractivity contribution is 7.18. The number of unbranched alkanes of at least 4 members (excludes halogenated alkanes) is 2. The van der Waals surface area contributed by atoms with E-state index in [-0.39, 0.29) is 23.5 Å². The van der Waals surface area contributed by atoms with E-state index in [1.54, 1.807) is 11.3 Å². The van der Waals surface area contributed by atoms with E-state index in [2.05, 4.69) is 49.1 Å². The van der Waals surface area contributed by atoms with E-state index in [0.717, 1.165) is 33.9 Å². The lowest BCUT2D eigenvalue weighted by molar-refractivity contribution is -0.657. The van der Waals surface area contributed by atoms with E-state index in [4.69, 9.17) is 0 Å². The maximum atomic E-state index is 11.3. The number of carboxylic acid groups (broad SMARTS) is 1. The fraction of sp³-hybridized carbons (Fsp3) is 0.360. The first-order chi connectivity index (χ1) is 14.6. The Morgan fingerprint density at radius 2 is 1.65 bits per heavy atom. The molecule has 0 saturated heterocycles. The molecule has 0 fully saturated rings. The molecule has 0 atom stereocenters. The molecule has 0 saturated carbocycles. The van der Waals surface area contributed by atoms with Gasteiger partial charge in [-0.3, -0.25) is 0 Å². The number of halogens is 1. The van der Waals surface area contributed by atoms with Gasteiger partial charge >= 0.3 is 5.97 Å². The summed E-state index contributed by atoms with van der Waals surface area (Å²) < 4.78 is 2.96. The van der Waals surface area contributed by atoms with Gasteiger partial charge in [0.25, 0.3) is 5.01 Å². The molecule has 1 heterocycles. The molecule has 166 valence electrons. The Kier molecular flexibility index (Phi) is 10.2. The number of rotatable bonds is 11. The third-order valence-electron chi connectivity index (χ3n) is 5.17. The molecule has 0 aliphatic rings. The van der Waals surface area contributed by atoms with E-state index in [9.17, 15) is 9.90 Å². The third kappa shape index (κ3) is 6.91. The third-order valence-corrected chi connectivity index (χ3v) is 6.30. The molecule has 0 bridgehead atoms. The number of aromatic nitrogens is 1. The number of carbonyl (C=O) groups is 1. The summed E-state index contributed by atoms with van der Waals surface area (Å²) in [4.78, 5) is 13.8. The summed E-state index contributed by atoms with van der Waals surface area (Å²) in [5, 5.41) is 10.3. The summed E-state index contributed by atoms with van der Waals surface area (Å²) in [5.74, 6) is -0.832. The van der Waals surface area contributed by atoms with Crippen LogP contribution in [0.1, 0.15) is 50.1 Å². The summed E-state index contributed by atoms with van der Waals surface area (Å²) in [6.45, 7) is 6.63. The van der Waals surface area contributed by atoms with Gasteiger partial charge in [0, 0.05) is 30.9 Å². The summed E-state index contributed by atoms with van der Waals surface area (Å²) in [7, 11) is 0. The second-order valence-corrected chi connectivity index (χ2v) is 8.57. The molecule has 0 aliphatic carbocycles. The second-order valence-electron chi connectivity index (χ2n) is 7.51. The van der Waals surface area contributed by atoms with Gasteiger partial charge in [-0.2, -0.15) is 4.57 Å². The van der Waals surface area contributed by atoms with Crippen LogP contribution in [-0.2, 0) is 11.3 Å². The monoisotopic (exact) mass is 502 g/mol. The Bertz CT molecular complexity index is 990. The van der Waals surface area contributed by atoms with Crippen LogP contribution in [0.15, 0.2) is 48.5 Å². The van der Waals surface area contributed by atoms with Crippen LogP contribution in [0.25, 0.3) is 22.4 Å². The number of fused-ring (bicyclic) bond motifs is 1. The van der Waals surface area contributed by atoms with Crippen LogP contribution >= 0.6 is 11.3 Å². The van der Waals surface area contributed by atoms with Crippen molar-refractivity contribution in [2.24, 2.45) is 0 Å². The van der Waals surface area contributed by atoms with Crippen molar-refractivity contribution in [3.8, 4) is 0 Å². The van der Waals surface area contributed by atoms with Crippen molar-refractivity contribution in [3.63, 3.8) is 0 Å². The lowest BCUT2D eigenvalue weighted by atomic mass is 10.1. The average Bonchev–Trinajstić information content (AvgIpc) is 3.10. The quantitative estimate of drug-likeness (QED) is 0.410. The lowest BCUT2D eigenvalue weighted by Gasteiger charge is -2.24. The number of benzene rings is 2. The van der Waals surface area contributed by atoms with Crippen molar-refractivity contribution in [2.75, 3.05) is 18.0 Å². The SMILES string of the molecule is CCCCN(CCCC)c1ccc(C=Cc2sc3ccccc3[n+]2CC(=O)O)cc1.[Br-]. The van der Waals surface area contributed by atoms with Crippen LogP contribution in [-0.4, -0.2) is 24.2 Å². The predicted molar refractivity (Wildman–Crippen MR) is 127 cm³/mol. The number of thiazole rings is 1. The minimum absolute atomic E-state index is 0. The first-order valence-corrected chi connectivity index (χ1v) is 11.6. The van der Waals surface area contributed by atoms with Crippen LogP contribution in [0.4, 0.5) is 5.69 Å². The van der Waals surface area contributed by atoms with Crippen LogP contribution in [0.5, 0.6) is 0 Å². The van der Waals surface area contributed by atoms with Crippen molar-refractivity contribution in [2.45, 2.75) is 46.1 Å². The van der Waals surface area contributed by atoms with Gasteiger partial charge < -0.3 is 27.0 Å². The lowest BCUT2D eigenvalue weighted by Crippen LogP contribution is -3.00. The number of aliphatic carboxylic acids is 1. The van der Waals surface area contributed by atoms with Gasteiger partial charge in [0.1, 0.15) is 4.70 Å². The van der Waals surface area contributed by atoms with Crippen molar-refractivity contribution >= 4 is 45.4 Å². The summed E-state index contributed by atoms with van der Waals surface area (Å²) in [5.41, 5.74) is 3.35. The second kappa shape index (κ2) is 12.6. The van der Waals surface area contributed by atoms with Crippen molar-refractivity contribution in [1.82, 2.24) is 0 Å². The Morgan fingerprint density at radius 1 is 1.00 bits per heavy atom. The standard InChI is InChI=1S/C25H30N2O2S.BrH/c1-3-5-17-26(18-6-4-2)21-14-11-20(12-15-21)13-16-24-27(19-25(28)29)22-9-7-8-10-23(22)30-24;/h7-16H,3-6,17-19H2,1-2H3;1H. The fourth-order valence-corrected chi connectivity index (χ4v) is 4.57. The van der Waals surface area contributed by atoms with E-state index in [0.29, 0.717) is 0 Å². The largest absolute Gasteiger partial charge is 1.00 e. The number of carboxylic acids is 1. The number of hydrogen-bond acceptors (Lipinski definition) is 3. The fourth-order valence-electron chi connectivity index (χ4n) is 3.51. The molecule has 1 N–H and O–H groups in total. The van der Waals surface area contributed by atoms with Gasteiger partial charge in [-0.25, -0.2) is 4.79 Å². The van der Waals surface area contributed by atoms with Gasteiger partial charge in [0.15, 0.2) is 0 Å². The molecule has 0 amide bonds. The Morgan fingerprint density at radius 3 is 2.26 bits per heavy atom. The molecule has 4 nitrogen and oxygen atoms in total. The van der Waals surface area contributed by atoms with E-state index < -0.39 is 5.97 Å². The molecule has 6 heteroatoms. The zero-order valence-electron chi connectivity index (χ0n) is 18.3. The predicted octanol–water partition coefficient (Wildman–Crippen LogP) is 2.85. The first-order valence-electron chi connectivity index (χ1n) is 10.8. The highest BCUT2D eigenvalue weighted by Crippen LogP contribution is 2.23. The van der Waals surface area contributed by atoms with E-state index >= 15 is 0 Å². The highest BCUT2D eigenvalue weighted by Gasteiger charge is 2.20. The normalized spacial score (nSPS) is 11.0. The number of nitrogens with zero attached hydrogens (tertiary/aromatic N) is 2. The van der Waals surface area contributed by atoms with E-state index in [1.807, 2.05) is 34.9 Å². The first kappa shape index (κ1) is 25.1. The van der Waals surface area contributed by atoms with Gasteiger partial charge in [-0.15, -0.1) is 0 Å². The number of para-hydroxylation sites is 1. The summed E-state index contributed by atoms with van der Waals surface area (Å²) in [6, 6.07) is 16.6. The molecular formula is C25H31BrN2O2S. The topological polar surface area (TPSA) is 44.4 Å². The zero-order chi connectivity index (χ0) is 21.3. The van der Waals surface area contributed by atoms with Crippen LogP contribution in [0, 0.1) is 0 Å². The summed E-state index contributed by atoms with van der Waals surface area (Å²) in [6.07, 6.45) is 8.91. The zero-order valence-corrected chi connectivity index (χ0v) is 20.7. The molecule has 2 aromatic carbocycles. The molecule has 0 radical (unpaired) electrons. The van der Waals surface area contributed by atoms with Crippen molar-refractivity contribution in [1.29, 1.82) is 0 Å². The molecular weight excluding hydrogens is 472 g/mol. The minimum Gasteiger partial charge on any atom is -1.00 e. The van der Waals surface area contributed by atoms with Crippen molar-refractivity contribution in [3.05, 3.63) is 59.1 Å². The number of anilines is 1. The van der Waals surface area contributed by atoms with Crippen LogP contribution < -0.4 is 26.4 Å². The minimum atomic E-state index is -0.832. The molecule has 31 heavy (non-hydrogen) atoms. The highest BCUT2D eigenvalue weighted by atomic mass is 79.9. The van der Waals surface area contributed by atoms with Crippen LogP contribution in [0.2, 0.25) is 0 Å². The smallest absolute Gasteiger partial charge is 0.370 e. The van der Waals surface area contributed by atoms with Gasteiger partial charge in [-0.05, 0) is 42.7 Å². The molecule has 0 unspecified atom stereocenters. The molecule has 3 rings (SSSR count). The van der Waals surface area contributed by atoms with E-state index in [1.165, 1.54) is 31.4 Å². The molecule has 1 aromatic heterocycles. The van der Waals surface area contributed by atoms with Crippen LogP contribution in [0.3, 0.4) is 0 Å². The van der Waals surface area contributed by atoms with Crippen molar-refractivity contribution < 1.29 is 31.4 Å². The maximum Gasteiger partial charge on any atom is 0.370 e. The van der Waals surface area contributed by atoms with Gasteiger partial charge in [-0.1, -0.05) is 62.3 Å². The van der Waals surface area contributed by atoms with Gasteiger partial charge in [0.05, 0.1) is 0 Å². The Labute approximate surface area is 199 Å². The Hall–Kier alpha value is -2.18. The van der Waals surface area contributed by atoms with Gasteiger partial charge in [0.2, 0.25) is 12.1 Å².